The number of thiophene rings is 2. The Morgan fingerprint density at radius 3 is 1.51 bits per heavy atom. The van der Waals surface area contributed by atoms with E-state index >= 15 is 0 Å². The molecule has 0 aliphatic heterocycles. The van der Waals surface area contributed by atoms with Gasteiger partial charge in [-0.1, -0.05) is 59.1 Å². The normalized spacial score (nSPS) is 11.7. The molecule has 6 aromatic heterocycles. The van der Waals surface area contributed by atoms with Gasteiger partial charge in [-0.25, -0.2) is 19.6 Å². The van der Waals surface area contributed by atoms with Crippen molar-refractivity contribution in [3.63, 3.8) is 0 Å². The summed E-state index contributed by atoms with van der Waals surface area (Å²) in [6, 6.07) is 15.3. The van der Waals surface area contributed by atoms with Gasteiger partial charge in [0.25, 0.3) is 23.6 Å². The number of carboxylic acid groups (broad SMARTS) is 1. The average molecular weight is 1050 g/mol. The second kappa shape index (κ2) is 24.1. The zero-order valence-corrected chi connectivity index (χ0v) is 41.6. The third-order valence-corrected chi connectivity index (χ3v) is 14.1. The summed E-state index contributed by atoms with van der Waals surface area (Å²) >= 11 is 4.41. The number of aryl methyl sites for hydroxylation is 2. The summed E-state index contributed by atoms with van der Waals surface area (Å²) in [5.41, 5.74) is 3.97. The minimum atomic E-state index is -1.35. The van der Waals surface area contributed by atoms with Crippen LogP contribution in [0.25, 0.3) is 21.8 Å². The lowest BCUT2D eigenvalue weighted by Crippen LogP contribution is -2.49. The maximum atomic E-state index is 13.0. The third kappa shape index (κ3) is 13.4. The van der Waals surface area contributed by atoms with E-state index in [1.165, 1.54) is 22.7 Å². The summed E-state index contributed by atoms with van der Waals surface area (Å²) in [6.45, 7) is 4.54. The van der Waals surface area contributed by atoms with Crippen molar-refractivity contribution in [2.24, 2.45) is 0 Å². The molecule has 8 rings (SSSR count). The lowest BCUT2D eigenvalue weighted by molar-refractivity contribution is -0.145. The number of hydrogen-bond acceptors (Lipinski definition) is 17. The molecule has 9 N–H and O–H groups in total. The number of ether oxygens (including phenoxy) is 1. The van der Waals surface area contributed by atoms with E-state index in [0.29, 0.717) is 21.1 Å². The Kier molecular flexibility index (Phi) is 17.3. The van der Waals surface area contributed by atoms with Crippen molar-refractivity contribution >= 4 is 125 Å². The summed E-state index contributed by atoms with van der Waals surface area (Å²) in [5.74, 6) is -4.60. The molecule has 26 heteroatoms. The highest BCUT2D eigenvalue weighted by molar-refractivity contribution is 7.18. The van der Waals surface area contributed by atoms with E-state index in [1.807, 2.05) is 36.4 Å². The van der Waals surface area contributed by atoms with Gasteiger partial charge in [0, 0.05) is 23.9 Å². The first-order chi connectivity index (χ1) is 34.7. The monoisotopic (exact) mass is 1050 g/mol. The zero-order chi connectivity index (χ0) is 51.3. The van der Waals surface area contributed by atoms with E-state index in [2.05, 4.69) is 62.3 Å². The van der Waals surface area contributed by atoms with Crippen LogP contribution in [-0.4, -0.2) is 115 Å². The number of aromatic nitrogens is 6. The van der Waals surface area contributed by atoms with Gasteiger partial charge in [0.05, 0.1) is 64.0 Å². The number of carbonyl (C=O) groups excluding carboxylic acids is 7. The Morgan fingerprint density at radius 1 is 0.625 bits per heavy atom. The fraction of sp³-hybridized carbons (Fsp3) is 0.217. The summed E-state index contributed by atoms with van der Waals surface area (Å²) in [5, 5.41) is 44.4. The summed E-state index contributed by atoms with van der Waals surface area (Å²) < 4.78 is 5.05. The number of H-pyrrole nitrogens is 2. The highest BCUT2D eigenvalue weighted by Gasteiger charge is 2.28. The maximum absolute atomic E-state index is 13.0. The SMILES string of the molecule is CCOC(=O)[C@H](CNC(=O)c1cccs1)NC(=O)c1sc(NC(=O)Cc2cccc3[nH]ncc23)nc1C.Cc1nc(NC(=O)Cc2cccc3[nH]ncc23)sc1C(=O)N[C@@H](CNC(=O)c1cccs1)C(=O)O. The first-order valence-electron chi connectivity index (χ1n) is 21.7. The van der Waals surface area contributed by atoms with Gasteiger partial charge in [-0.3, -0.25) is 39.0 Å². The first-order valence-corrected chi connectivity index (χ1v) is 25.1. The average Bonchev–Trinajstić information content (AvgIpc) is 4.22. The van der Waals surface area contributed by atoms with Gasteiger partial charge in [0.2, 0.25) is 11.8 Å². The summed E-state index contributed by atoms with van der Waals surface area (Å²) in [6.07, 6.45) is 3.50. The number of hydrogen-bond donors (Lipinski definition) is 9. The van der Waals surface area contributed by atoms with Gasteiger partial charge in [-0.2, -0.15) is 10.2 Å². The number of esters is 1. The molecule has 2 aromatic carbocycles. The Hall–Kier alpha value is -8.20. The molecule has 72 heavy (non-hydrogen) atoms. The van der Waals surface area contributed by atoms with Gasteiger partial charge in [-0.15, -0.1) is 22.7 Å². The molecule has 0 saturated carbocycles. The molecule has 0 bridgehead atoms. The molecule has 0 fully saturated rings. The minimum Gasteiger partial charge on any atom is -0.480 e. The van der Waals surface area contributed by atoms with E-state index in [9.17, 15) is 43.5 Å². The lowest BCUT2D eigenvalue weighted by Gasteiger charge is -2.17. The molecule has 0 radical (unpaired) electrons. The van der Waals surface area contributed by atoms with Crippen LogP contribution in [0.5, 0.6) is 0 Å². The van der Waals surface area contributed by atoms with Gasteiger partial charge >= 0.3 is 11.9 Å². The first kappa shape index (κ1) is 51.6. The number of carboxylic acids is 1. The van der Waals surface area contributed by atoms with Crippen molar-refractivity contribution in [2.75, 3.05) is 30.3 Å². The van der Waals surface area contributed by atoms with E-state index in [1.54, 1.807) is 68.2 Å². The van der Waals surface area contributed by atoms with Crippen LogP contribution in [0.4, 0.5) is 10.3 Å². The Balaban J connectivity index is 0.000000212. The predicted molar refractivity (Wildman–Crippen MR) is 271 cm³/mol. The number of thiazole rings is 2. The quantitative estimate of drug-likeness (QED) is 0.0490. The Bertz CT molecular complexity index is 3250. The van der Waals surface area contributed by atoms with E-state index in [-0.39, 0.29) is 70.3 Å². The number of carbonyl (C=O) groups is 8. The Morgan fingerprint density at radius 2 is 1.08 bits per heavy atom. The number of anilines is 2. The van der Waals surface area contributed by atoms with Crippen molar-refractivity contribution < 1.29 is 48.2 Å². The van der Waals surface area contributed by atoms with Crippen LogP contribution in [-0.2, 0) is 36.8 Å². The number of nitrogens with zero attached hydrogens (tertiary/aromatic N) is 4. The van der Waals surface area contributed by atoms with Crippen molar-refractivity contribution in [3.05, 3.63) is 126 Å². The fourth-order valence-electron chi connectivity index (χ4n) is 6.82. The molecule has 372 valence electrons. The van der Waals surface area contributed by atoms with Gasteiger partial charge in [-0.05, 0) is 66.9 Å². The zero-order valence-electron chi connectivity index (χ0n) is 38.3. The fourth-order valence-corrected chi connectivity index (χ4v) is 9.88. The van der Waals surface area contributed by atoms with Crippen LogP contribution in [0.1, 0.15) is 68.1 Å². The molecule has 0 saturated heterocycles. The lowest BCUT2D eigenvalue weighted by atomic mass is 10.1. The molecule has 0 unspecified atom stereocenters. The number of aromatic amines is 2. The summed E-state index contributed by atoms with van der Waals surface area (Å²) in [4.78, 5) is 109. The third-order valence-electron chi connectivity index (χ3n) is 10.3. The van der Waals surface area contributed by atoms with E-state index < -0.39 is 41.7 Å². The van der Waals surface area contributed by atoms with E-state index in [4.69, 9.17) is 4.74 Å². The van der Waals surface area contributed by atoms with Gasteiger partial charge in [0.1, 0.15) is 21.8 Å². The number of amides is 6. The maximum Gasteiger partial charge on any atom is 0.330 e. The van der Waals surface area contributed by atoms with Crippen LogP contribution < -0.4 is 31.9 Å². The molecule has 0 aliphatic rings. The number of fused-ring (bicyclic) bond motifs is 2. The predicted octanol–water partition coefficient (Wildman–Crippen LogP) is 4.85. The summed E-state index contributed by atoms with van der Waals surface area (Å²) in [7, 11) is 0. The van der Waals surface area contributed by atoms with Crippen LogP contribution in [0.3, 0.4) is 0 Å². The highest BCUT2D eigenvalue weighted by atomic mass is 32.1. The van der Waals surface area contributed by atoms with Gasteiger partial charge in [0.15, 0.2) is 10.3 Å². The van der Waals surface area contributed by atoms with Crippen LogP contribution in [0.15, 0.2) is 83.8 Å². The topological polar surface area (TPSA) is 321 Å². The number of benzene rings is 2. The second-order valence-corrected chi connectivity index (χ2v) is 19.2. The van der Waals surface area contributed by atoms with Gasteiger partial charge < -0.3 is 41.7 Å². The van der Waals surface area contributed by atoms with Crippen molar-refractivity contribution in [3.8, 4) is 0 Å². The molecule has 22 nitrogen and oxygen atoms in total. The molecule has 2 atom stereocenters. The molecular formula is C46H44N12O10S4. The molecule has 8 aromatic rings. The van der Waals surface area contributed by atoms with Crippen molar-refractivity contribution in [2.45, 2.75) is 45.7 Å². The van der Waals surface area contributed by atoms with E-state index in [0.717, 1.165) is 55.6 Å². The molecule has 6 amide bonds. The smallest absolute Gasteiger partial charge is 0.330 e. The molecule has 0 aliphatic carbocycles. The number of aliphatic carboxylic acids is 1. The molecule has 6 heterocycles. The van der Waals surface area contributed by atoms with Crippen LogP contribution in [0.2, 0.25) is 0 Å². The number of nitrogens with one attached hydrogen (secondary N) is 8. The van der Waals surface area contributed by atoms with Crippen LogP contribution >= 0.6 is 45.3 Å². The standard InChI is InChI=1S/C24H24N6O5S2.C22H20N6O5S2/c1-3-35-23(34)17(12-25-21(32)18-8-5-9-36-18)28-22(33)20-13(2)27-24(37-20)29-19(31)10-14-6-4-7-16-15(14)11-26-30-16;1-11-18(20(31)26-15(21(32)33)10-23-19(30)16-6-3-7-34-16)35-22(25-11)27-17(29)8-12-4-2-5-14-13(12)9-24-28-14/h4-9,11,17H,3,10,12H2,1-2H3,(H,25,32)(H,26,30)(H,28,33)(H,27,29,31);2-7,9,15H,8,10H2,1H3,(H,23,30)(H,24,28)(H,26,31)(H,32,33)(H,25,27,29)/t17-;15-/m00/s1. The van der Waals surface area contributed by atoms with Crippen molar-refractivity contribution in [1.29, 1.82) is 0 Å². The molecule has 0 spiro atoms. The Labute approximate surface area is 424 Å². The number of rotatable bonds is 19. The largest absolute Gasteiger partial charge is 0.480 e. The second-order valence-electron chi connectivity index (χ2n) is 15.3. The van der Waals surface area contributed by atoms with Crippen LogP contribution in [0, 0.1) is 13.8 Å². The van der Waals surface area contributed by atoms with Crippen molar-refractivity contribution in [1.82, 2.24) is 51.6 Å². The highest BCUT2D eigenvalue weighted by Crippen LogP contribution is 2.26. The molecular weight excluding hydrogens is 1010 g/mol. The minimum absolute atomic E-state index is 0.0854.